The normalized spacial score (nSPS) is 19.5. The Bertz CT molecular complexity index is 1220. The summed E-state index contributed by atoms with van der Waals surface area (Å²) in [5.74, 6) is -0.238. The van der Waals surface area contributed by atoms with Crippen molar-refractivity contribution in [1.29, 1.82) is 0 Å². The average molecular weight is 563 g/mol. The Hall–Kier alpha value is -2.27. The summed E-state index contributed by atoms with van der Waals surface area (Å²) in [6.45, 7) is 5.65. The van der Waals surface area contributed by atoms with Gasteiger partial charge in [-0.1, -0.05) is 24.6 Å². The van der Waals surface area contributed by atoms with E-state index in [0.717, 1.165) is 12.5 Å². The number of aryl methyl sites for hydroxylation is 2. The lowest BCUT2D eigenvalue weighted by Crippen LogP contribution is -2.34. The summed E-state index contributed by atoms with van der Waals surface area (Å²) < 4.78 is 64.1. The number of rotatable bonds is 9. The molecule has 2 N–H and O–H groups in total. The number of carbonyl (C=O) groups excluding carboxylic acids is 1. The summed E-state index contributed by atoms with van der Waals surface area (Å²) in [7, 11) is -3.05. The number of carbonyl (C=O) groups is 1. The number of aromatic nitrogens is 2. The van der Waals surface area contributed by atoms with Crippen molar-refractivity contribution in [2.45, 2.75) is 76.9 Å². The molecule has 1 aliphatic rings. The van der Waals surface area contributed by atoms with Gasteiger partial charge in [0.05, 0.1) is 16.0 Å². The third-order valence-corrected chi connectivity index (χ3v) is 9.02. The Labute approximate surface area is 221 Å². The first-order valence-electron chi connectivity index (χ1n) is 12.5. The molecule has 1 aliphatic carbocycles. The molecule has 1 saturated carbocycles. The van der Waals surface area contributed by atoms with Crippen molar-refractivity contribution in [1.82, 2.24) is 15.1 Å². The van der Waals surface area contributed by atoms with Crippen molar-refractivity contribution in [3.63, 3.8) is 0 Å². The highest BCUT2D eigenvalue weighted by Gasteiger charge is 2.36. The zero-order chi connectivity index (χ0) is 27.5. The Morgan fingerprint density at radius 1 is 1.22 bits per heavy atom. The monoisotopic (exact) mass is 562 g/mol. The second-order valence-corrected chi connectivity index (χ2v) is 12.3. The molecule has 2 aromatic rings. The van der Waals surface area contributed by atoms with Crippen molar-refractivity contribution in [3.8, 4) is 11.3 Å². The topological polar surface area (TPSA) is 93.1 Å². The fraction of sp³-hybridized carbons (Fsp3) is 0.600. The second kappa shape index (κ2) is 11.6. The van der Waals surface area contributed by atoms with Gasteiger partial charge in [0, 0.05) is 30.6 Å². The molecule has 1 heterocycles. The van der Waals surface area contributed by atoms with Gasteiger partial charge >= 0.3 is 6.18 Å². The summed E-state index contributed by atoms with van der Waals surface area (Å²) in [6, 6.07) is 3.21. The minimum Gasteiger partial charge on any atom is -0.374 e. The van der Waals surface area contributed by atoms with Crippen LogP contribution in [0, 0.1) is 5.92 Å². The number of hydrogen-bond acceptors (Lipinski definition) is 5. The molecular formula is C25H34ClF3N4O3S. The molecule has 0 radical (unpaired) electrons. The van der Waals surface area contributed by atoms with Crippen LogP contribution in [0.1, 0.15) is 62.5 Å². The number of amides is 1. The van der Waals surface area contributed by atoms with E-state index in [2.05, 4.69) is 15.7 Å². The lowest BCUT2D eigenvalue weighted by Gasteiger charge is -2.27. The van der Waals surface area contributed by atoms with Crippen LogP contribution in [0.4, 0.5) is 18.9 Å². The zero-order valence-electron chi connectivity index (χ0n) is 21.5. The lowest BCUT2D eigenvalue weighted by molar-refractivity contribution is -0.138. The fourth-order valence-corrected chi connectivity index (χ4v) is 6.15. The maximum atomic E-state index is 13.0. The molecule has 1 atom stereocenters. The van der Waals surface area contributed by atoms with Crippen LogP contribution in [-0.4, -0.2) is 54.4 Å². The molecular weight excluding hydrogens is 529 g/mol. The molecule has 1 aromatic carbocycles. The molecule has 0 aliphatic heterocycles. The zero-order valence-corrected chi connectivity index (χ0v) is 23.0. The summed E-state index contributed by atoms with van der Waals surface area (Å²) in [6.07, 6.45) is 0.0303. The standard InChI is InChI=1S/C25H34ClF3N4O3S/c1-5-17-13-18(31-15(3)25(27,28)29)9-12-20(17)23-21(26)22(32-33(23)6-2)24(34)30-14-16-7-10-19(11-8-16)37(4,35)36/h9,12-13,15-16,19,31H,5-8,10-11,14H2,1-4H3,(H,30,34)/t15-,16?,19?/m1/s1. The van der Waals surface area contributed by atoms with Gasteiger partial charge in [-0.15, -0.1) is 0 Å². The largest absolute Gasteiger partial charge is 0.408 e. The second-order valence-electron chi connectivity index (χ2n) is 9.64. The number of halogens is 4. The Kier molecular flexibility index (Phi) is 9.21. The number of anilines is 1. The SMILES string of the molecule is CCc1cc(N[C@H](C)C(F)(F)F)ccc1-c1c(Cl)c(C(=O)NCC2CCC(S(C)(=O)=O)CC2)nn1CC. The van der Waals surface area contributed by atoms with Gasteiger partial charge in [0.15, 0.2) is 5.69 Å². The predicted octanol–water partition coefficient (Wildman–Crippen LogP) is 5.48. The molecule has 12 heteroatoms. The van der Waals surface area contributed by atoms with E-state index in [9.17, 15) is 26.4 Å². The van der Waals surface area contributed by atoms with Crippen LogP contribution in [-0.2, 0) is 22.8 Å². The molecule has 0 bridgehead atoms. The maximum Gasteiger partial charge on any atom is 0.408 e. The number of nitrogens with one attached hydrogen (secondary N) is 2. The van der Waals surface area contributed by atoms with E-state index in [4.69, 9.17) is 11.6 Å². The number of sulfone groups is 1. The average Bonchev–Trinajstić information content (AvgIpc) is 3.17. The van der Waals surface area contributed by atoms with Crippen LogP contribution in [0.2, 0.25) is 5.02 Å². The molecule has 7 nitrogen and oxygen atoms in total. The van der Waals surface area contributed by atoms with Gasteiger partial charge in [0.25, 0.3) is 5.91 Å². The number of benzene rings is 1. The van der Waals surface area contributed by atoms with Crippen molar-refractivity contribution in [3.05, 3.63) is 34.5 Å². The summed E-state index contributed by atoms with van der Waals surface area (Å²) >= 11 is 6.67. The summed E-state index contributed by atoms with van der Waals surface area (Å²) in [5.41, 5.74) is 2.43. The highest BCUT2D eigenvalue weighted by Crippen LogP contribution is 2.36. The molecule has 0 unspecified atom stereocenters. The molecule has 3 rings (SSSR count). The number of alkyl halides is 3. The van der Waals surface area contributed by atoms with Crippen LogP contribution in [0.25, 0.3) is 11.3 Å². The fourth-order valence-electron chi connectivity index (χ4n) is 4.70. The van der Waals surface area contributed by atoms with Crippen LogP contribution < -0.4 is 10.6 Å². The maximum absolute atomic E-state index is 13.0. The quantitative estimate of drug-likeness (QED) is 0.422. The number of nitrogens with zero attached hydrogens (tertiary/aromatic N) is 2. The van der Waals surface area contributed by atoms with E-state index in [1.165, 1.54) is 6.26 Å². The minimum atomic E-state index is -4.37. The number of hydrogen-bond donors (Lipinski definition) is 2. The van der Waals surface area contributed by atoms with E-state index in [0.29, 0.717) is 62.1 Å². The van der Waals surface area contributed by atoms with Gasteiger partial charge in [-0.05, 0) is 69.6 Å². The third kappa shape index (κ3) is 6.98. The van der Waals surface area contributed by atoms with E-state index in [1.807, 2.05) is 13.8 Å². The molecule has 0 saturated heterocycles. The van der Waals surface area contributed by atoms with Gasteiger partial charge < -0.3 is 10.6 Å². The van der Waals surface area contributed by atoms with Crippen molar-refractivity contribution < 1.29 is 26.4 Å². The van der Waals surface area contributed by atoms with Gasteiger partial charge in [-0.3, -0.25) is 9.48 Å². The van der Waals surface area contributed by atoms with E-state index < -0.39 is 28.0 Å². The van der Waals surface area contributed by atoms with Gasteiger partial charge in [-0.2, -0.15) is 18.3 Å². The van der Waals surface area contributed by atoms with Gasteiger partial charge in [-0.25, -0.2) is 8.42 Å². The summed E-state index contributed by atoms with van der Waals surface area (Å²) in [4.78, 5) is 13.0. The highest BCUT2D eigenvalue weighted by molar-refractivity contribution is 7.91. The minimum absolute atomic E-state index is 0.0817. The Morgan fingerprint density at radius 3 is 2.41 bits per heavy atom. The molecule has 1 aromatic heterocycles. The van der Waals surface area contributed by atoms with E-state index in [1.54, 1.807) is 22.9 Å². The first-order valence-corrected chi connectivity index (χ1v) is 14.8. The van der Waals surface area contributed by atoms with Crippen molar-refractivity contribution >= 4 is 33.0 Å². The van der Waals surface area contributed by atoms with E-state index >= 15 is 0 Å². The molecule has 1 fully saturated rings. The van der Waals surface area contributed by atoms with Crippen LogP contribution >= 0.6 is 11.6 Å². The van der Waals surface area contributed by atoms with Crippen LogP contribution in [0.15, 0.2) is 18.2 Å². The third-order valence-electron chi connectivity index (χ3n) is 6.98. The molecule has 1 amide bonds. The summed E-state index contributed by atoms with van der Waals surface area (Å²) in [5, 5.41) is 9.65. The van der Waals surface area contributed by atoms with Gasteiger partial charge in [0.1, 0.15) is 15.9 Å². The Balaban J connectivity index is 1.78. The van der Waals surface area contributed by atoms with Crippen molar-refractivity contribution in [2.75, 3.05) is 18.1 Å². The van der Waals surface area contributed by atoms with Crippen molar-refractivity contribution in [2.24, 2.45) is 5.92 Å². The first kappa shape index (κ1) is 29.3. The Morgan fingerprint density at radius 2 is 1.86 bits per heavy atom. The molecule has 0 spiro atoms. The van der Waals surface area contributed by atoms with Crippen LogP contribution in [0.5, 0.6) is 0 Å². The molecule has 37 heavy (non-hydrogen) atoms. The first-order chi connectivity index (χ1) is 17.3. The van der Waals surface area contributed by atoms with Crippen LogP contribution in [0.3, 0.4) is 0 Å². The predicted molar refractivity (Wildman–Crippen MR) is 140 cm³/mol. The highest BCUT2D eigenvalue weighted by atomic mass is 35.5. The molecule has 206 valence electrons. The lowest BCUT2D eigenvalue weighted by atomic mass is 9.89. The smallest absolute Gasteiger partial charge is 0.374 e. The van der Waals surface area contributed by atoms with Gasteiger partial charge in [0.2, 0.25) is 0 Å². The van der Waals surface area contributed by atoms with E-state index in [-0.39, 0.29) is 21.9 Å².